The van der Waals surface area contributed by atoms with Crippen molar-refractivity contribution in [1.29, 1.82) is 0 Å². The zero-order chi connectivity index (χ0) is 19.1. The molecule has 3 aromatic rings. The molecule has 1 aromatic heterocycles. The Kier molecular flexibility index (Phi) is 4.16. The molecule has 27 heavy (non-hydrogen) atoms. The lowest BCUT2D eigenvalue weighted by atomic mass is 10.1. The Morgan fingerprint density at radius 3 is 2.67 bits per heavy atom. The maximum atomic E-state index is 14.0. The van der Waals surface area contributed by atoms with E-state index in [1.54, 1.807) is 6.07 Å². The number of aromatic hydroxyl groups is 1. The average Bonchev–Trinajstić information content (AvgIpc) is 3.17. The third-order valence-corrected chi connectivity index (χ3v) is 4.54. The molecule has 0 saturated carbocycles. The molecule has 0 unspecified atom stereocenters. The number of benzene rings is 2. The van der Waals surface area contributed by atoms with E-state index < -0.39 is 11.5 Å². The van der Waals surface area contributed by atoms with Crippen LogP contribution in [-0.4, -0.2) is 20.9 Å². The van der Waals surface area contributed by atoms with Crippen molar-refractivity contribution in [2.24, 2.45) is 4.99 Å². The van der Waals surface area contributed by atoms with Crippen molar-refractivity contribution in [2.75, 3.05) is 0 Å². The van der Waals surface area contributed by atoms with Gasteiger partial charge in [-0.3, -0.25) is 9.56 Å². The number of aromatic amines is 1. The Hall–Kier alpha value is -3.19. The van der Waals surface area contributed by atoms with Gasteiger partial charge in [-0.2, -0.15) is 0 Å². The fourth-order valence-corrected chi connectivity index (χ4v) is 3.03. The first kappa shape index (κ1) is 17.2. The largest absolute Gasteiger partial charge is 0.493 e. The second kappa shape index (κ2) is 6.51. The van der Waals surface area contributed by atoms with Crippen molar-refractivity contribution in [1.82, 2.24) is 9.55 Å². The first-order valence-electron chi connectivity index (χ1n) is 7.94. The number of nitrogens with zero attached hydrogens (tertiary/aromatic N) is 2. The molecule has 0 spiro atoms. The average molecular weight is 388 g/mol. The number of halogens is 3. The van der Waals surface area contributed by atoms with Gasteiger partial charge in [0.25, 0.3) is 0 Å². The Balaban J connectivity index is 1.70. The fraction of sp³-hybridized carbons (Fsp3) is 0.0526. The van der Waals surface area contributed by atoms with Crippen LogP contribution in [-0.2, 0) is 6.54 Å². The molecule has 136 valence electrons. The standard InChI is InChI=1S/C19H12ClF2N3O2/c20-14-6-5-13-11(8-23-17(13)16(14)22)7-15-18(26)25(19(27)24-15)9-10-1-3-12(21)4-2-10/h1-8,26H,9H2,(H,24,27)/b11-7+. The summed E-state index contributed by atoms with van der Waals surface area (Å²) < 4.78 is 28.2. The molecule has 0 amide bonds. The lowest BCUT2D eigenvalue weighted by molar-refractivity contribution is 0.420. The molecule has 1 aliphatic heterocycles. The fourth-order valence-electron chi connectivity index (χ4n) is 2.87. The molecule has 1 aliphatic rings. The van der Waals surface area contributed by atoms with E-state index in [0.29, 0.717) is 16.7 Å². The van der Waals surface area contributed by atoms with Crippen LogP contribution in [0.5, 0.6) is 5.88 Å². The summed E-state index contributed by atoms with van der Waals surface area (Å²) in [6, 6.07) is 8.64. The second-order valence-electron chi connectivity index (χ2n) is 6.00. The van der Waals surface area contributed by atoms with Gasteiger partial charge in [0.15, 0.2) is 5.82 Å². The summed E-state index contributed by atoms with van der Waals surface area (Å²) in [5.41, 5.74) is 1.42. The van der Waals surface area contributed by atoms with E-state index in [4.69, 9.17) is 11.6 Å². The lowest BCUT2D eigenvalue weighted by Crippen LogP contribution is -2.17. The van der Waals surface area contributed by atoms with Gasteiger partial charge in [-0.15, -0.1) is 0 Å². The van der Waals surface area contributed by atoms with Gasteiger partial charge in [-0.25, -0.2) is 13.6 Å². The van der Waals surface area contributed by atoms with E-state index in [9.17, 15) is 18.7 Å². The molecule has 4 rings (SSSR count). The molecule has 2 N–H and O–H groups in total. The quantitative estimate of drug-likeness (QED) is 0.709. The molecule has 0 bridgehead atoms. The van der Waals surface area contributed by atoms with Crippen LogP contribution in [0.1, 0.15) is 16.8 Å². The molecule has 0 saturated heterocycles. The Morgan fingerprint density at radius 1 is 1.19 bits per heavy atom. The normalized spacial score (nSPS) is 14.1. The van der Waals surface area contributed by atoms with Gasteiger partial charge in [0, 0.05) is 17.4 Å². The van der Waals surface area contributed by atoms with Crippen LogP contribution in [0.4, 0.5) is 14.5 Å². The van der Waals surface area contributed by atoms with E-state index in [2.05, 4.69) is 9.98 Å². The van der Waals surface area contributed by atoms with E-state index in [0.717, 1.165) is 4.57 Å². The molecule has 0 radical (unpaired) electrons. The smallest absolute Gasteiger partial charge is 0.329 e. The molecular weight excluding hydrogens is 376 g/mol. The summed E-state index contributed by atoms with van der Waals surface area (Å²) in [4.78, 5) is 18.7. The summed E-state index contributed by atoms with van der Waals surface area (Å²) in [6.45, 7) is 0.0690. The predicted molar refractivity (Wildman–Crippen MR) is 99.7 cm³/mol. The minimum absolute atomic E-state index is 0.0335. The number of aromatic nitrogens is 2. The van der Waals surface area contributed by atoms with Crippen LogP contribution in [0.15, 0.2) is 46.2 Å². The minimum Gasteiger partial charge on any atom is -0.493 e. The van der Waals surface area contributed by atoms with Crippen molar-refractivity contribution in [3.63, 3.8) is 0 Å². The number of rotatable bonds is 3. The Labute approximate surface area is 156 Å². The van der Waals surface area contributed by atoms with Gasteiger partial charge < -0.3 is 10.1 Å². The summed E-state index contributed by atoms with van der Waals surface area (Å²) in [5.74, 6) is -1.30. The number of hydrogen-bond donors (Lipinski definition) is 2. The second-order valence-corrected chi connectivity index (χ2v) is 6.40. The number of imidazole rings is 1. The van der Waals surface area contributed by atoms with Crippen molar-refractivity contribution in [3.05, 3.63) is 80.4 Å². The monoisotopic (exact) mass is 387 g/mol. The van der Waals surface area contributed by atoms with E-state index in [1.807, 2.05) is 0 Å². The number of fused-ring (bicyclic) bond motifs is 1. The topological polar surface area (TPSA) is 70.4 Å². The molecule has 0 aliphatic carbocycles. The third kappa shape index (κ3) is 3.06. The van der Waals surface area contributed by atoms with Crippen molar-refractivity contribution in [3.8, 4) is 5.88 Å². The number of hydrogen-bond acceptors (Lipinski definition) is 3. The first-order valence-corrected chi connectivity index (χ1v) is 8.32. The molecule has 0 atom stereocenters. The van der Waals surface area contributed by atoms with Gasteiger partial charge >= 0.3 is 5.69 Å². The van der Waals surface area contributed by atoms with Crippen molar-refractivity contribution >= 4 is 35.2 Å². The summed E-state index contributed by atoms with van der Waals surface area (Å²) in [7, 11) is 0. The predicted octanol–water partition coefficient (Wildman–Crippen LogP) is 4.12. The van der Waals surface area contributed by atoms with E-state index >= 15 is 0 Å². The summed E-state index contributed by atoms with van der Waals surface area (Å²) in [6.07, 6.45) is 2.93. The maximum Gasteiger partial charge on any atom is 0.329 e. The highest BCUT2D eigenvalue weighted by molar-refractivity contribution is 6.31. The lowest BCUT2D eigenvalue weighted by Gasteiger charge is -2.04. The van der Waals surface area contributed by atoms with Gasteiger partial charge in [0.1, 0.15) is 17.2 Å². The van der Waals surface area contributed by atoms with Gasteiger partial charge in [0.05, 0.1) is 11.6 Å². The summed E-state index contributed by atoms with van der Waals surface area (Å²) in [5, 5.41) is 10.4. The minimum atomic E-state index is -0.625. The Bertz CT molecular complexity index is 1160. The third-order valence-electron chi connectivity index (χ3n) is 4.25. The van der Waals surface area contributed by atoms with Crippen LogP contribution in [0.3, 0.4) is 0 Å². The molecule has 0 fully saturated rings. The molecule has 5 nitrogen and oxygen atoms in total. The number of aliphatic imine (C=N–C) groups is 1. The van der Waals surface area contributed by atoms with Gasteiger partial charge in [0.2, 0.25) is 5.88 Å². The van der Waals surface area contributed by atoms with Gasteiger partial charge in [-0.05, 0) is 29.8 Å². The highest BCUT2D eigenvalue weighted by atomic mass is 35.5. The Morgan fingerprint density at radius 2 is 1.93 bits per heavy atom. The summed E-state index contributed by atoms with van der Waals surface area (Å²) >= 11 is 5.75. The number of allylic oxidation sites excluding steroid dienone is 1. The first-order chi connectivity index (χ1) is 12.9. The van der Waals surface area contributed by atoms with E-state index in [1.165, 1.54) is 42.6 Å². The number of H-pyrrole nitrogens is 1. The van der Waals surface area contributed by atoms with Crippen LogP contribution in [0, 0.1) is 11.6 Å². The van der Waals surface area contributed by atoms with E-state index in [-0.39, 0.29) is 34.6 Å². The van der Waals surface area contributed by atoms with Crippen molar-refractivity contribution in [2.45, 2.75) is 6.54 Å². The van der Waals surface area contributed by atoms with Gasteiger partial charge in [-0.1, -0.05) is 29.8 Å². The van der Waals surface area contributed by atoms with Crippen molar-refractivity contribution < 1.29 is 13.9 Å². The highest BCUT2D eigenvalue weighted by Crippen LogP contribution is 2.38. The van der Waals surface area contributed by atoms with Crippen LogP contribution >= 0.6 is 11.6 Å². The molecule has 2 aromatic carbocycles. The zero-order valence-corrected chi connectivity index (χ0v) is 14.5. The highest BCUT2D eigenvalue weighted by Gasteiger charge is 2.20. The maximum absolute atomic E-state index is 14.0. The molecule has 2 heterocycles. The zero-order valence-electron chi connectivity index (χ0n) is 13.7. The van der Waals surface area contributed by atoms with Crippen LogP contribution < -0.4 is 5.69 Å². The molecular formula is C19H12ClF2N3O2. The van der Waals surface area contributed by atoms with Crippen LogP contribution in [0.2, 0.25) is 5.02 Å². The molecule has 8 heteroatoms. The SMILES string of the molecule is O=c1[nH]c(/C=C2\C=Nc3c2ccc(Cl)c3F)c(O)n1Cc1ccc(F)cc1. The van der Waals surface area contributed by atoms with Crippen LogP contribution in [0.25, 0.3) is 11.6 Å². The number of nitrogens with one attached hydrogen (secondary N) is 1.